The molecular weight excluding hydrogens is 453 g/mol. The van der Waals surface area contributed by atoms with Crippen molar-refractivity contribution in [1.29, 1.82) is 0 Å². The zero-order valence-corrected chi connectivity index (χ0v) is 18.2. The number of nitrogens with zero attached hydrogens (tertiary/aromatic N) is 2. The number of hydrogen-bond donors (Lipinski definition) is 4. The maximum atomic E-state index is 14.7. The highest BCUT2D eigenvalue weighted by atomic mass is 19.3. The number of aliphatic hydroxyl groups is 1. The van der Waals surface area contributed by atoms with E-state index < -0.39 is 48.5 Å². The maximum Gasteiger partial charge on any atom is 0.282 e. The number of alkyl halides is 2. The highest BCUT2D eigenvalue weighted by Gasteiger charge is 2.46. The van der Waals surface area contributed by atoms with Crippen molar-refractivity contribution >= 4 is 16.7 Å². The van der Waals surface area contributed by atoms with Gasteiger partial charge in [-0.1, -0.05) is 12.1 Å². The van der Waals surface area contributed by atoms with Crippen molar-refractivity contribution in [2.75, 3.05) is 18.5 Å². The van der Waals surface area contributed by atoms with Gasteiger partial charge in [0, 0.05) is 24.2 Å². The summed E-state index contributed by atoms with van der Waals surface area (Å²) in [5.41, 5.74) is 0.657. The molecule has 3 unspecified atom stereocenters. The van der Waals surface area contributed by atoms with E-state index in [4.69, 9.17) is 4.74 Å². The van der Waals surface area contributed by atoms with Crippen LogP contribution in [0.5, 0.6) is 5.75 Å². The highest BCUT2D eigenvalue weighted by Crippen LogP contribution is 2.44. The first-order valence-corrected chi connectivity index (χ1v) is 10.8. The van der Waals surface area contributed by atoms with Crippen LogP contribution >= 0.6 is 0 Å². The molecule has 34 heavy (non-hydrogen) atoms. The fourth-order valence-electron chi connectivity index (χ4n) is 4.31. The maximum absolute atomic E-state index is 14.7. The number of epoxide rings is 1. The molecule has 0 saturated carbocycles. The molecule has 0 aliphatic carbocycles. The molecule has 5 rings (SSSR count). The SMILES string of the molecule is CC(CO)NC1OC1c1c(O)c2ncc(Cc3ccc(F)cc3)c3c2n(c1=O)CC(F)(F)CN3. The van der Waals surface area contributed by atoms with E-state index in [0.29, 0.717) is 5.56 Å². The Morgan fingerprint density at radius 2 is 2.09 bits per heavy atom. The van der Waals surface area contributed by atoms with Crippen molar-refractivity contribution in [3.05, 3.63) is 63.3 Å². The van der Waals surface area contributed by atoms with Gasteiger partial charge in [0.25, 0.3) is 11.5 Å². The van der Waals surface area contributed by atoms with Gasteiger partial charge < -0.3 is 20.3 Å². The lowest BCUT2D eigenvalue weighted by Crippen LogP contribution is -2.36. The van der Waals surface area contributed by atoms with Crippen LogP contribution in [0.4, 0.5) is 18.9 Å². The molecule has 1 saturated heterocycles. The second kappa shape index (κ2) is 8.26. The summed E-state index contributed by atoms with van der Waals surface area (Å²) in [6.45, 7) is -0.0599. The van der Waals surface area contributed by atoms with E-state index in [9.17, 15) is 28.2 Å². The molecule has 2 aliphatic heterocycles. The second-order valence-electron chi connectivity index (χ2n) is 8.75. The fraction of sp³-hybridized carbons (Fsp3) is 0.391. The van der Waals surface area contributed by atoms with Crippen LogP contribution in [0.15, 0.2) is 35.3 Å². The number of anilines is 1. The molecule has 4 N–H and O–H groups in total. The van der Waals surface area contributed by atoms with E-state index in [2.05, 4.69) is 15.6 Å². The van der Waals surface area contributed by atoms with Gasteiger partial charge in [-0.15, -0.1) is 0 Å². The number of benzene rings is 1. The smallest absolute Gasteiger partial charge is 0.282 e. The van der Waals surface area contributed by atoms with Crippen molar-refractivity contribution in [3.63, 3.8) is 0 Å². The first kappa shape index (κ1) is 22.6. The van der Waals surface area contributed by atoms with Gasteiger partial charge in [-0.05, 0) is 24.6 Å². The lowest BCUT2D eigenvalue weighted by atomic mass is 10.0. The Morgan fingerprint density at radius 3 is 2.79 bits per heavy atom. The highest BCUT2D eigenvalue weighted by molar-refractivity contribution is 5.94. The zero-order valence-electron chi connectivity index (χ0n) is 18.2. The molecule has 0 bridgehead atoms. The van der Waals surface area contributed by atoms with E-state index in [1.807, 2.05) is 0 Å². The number of pyridine rings is 2. The van der Waals surface area contributed by atoms with Gasteiger partial charge in [-0.25, -0.2) is 13.2 Å². The Kier molecular flexibility index (Phi) is 5.50. The van der Waals surface area contributed by atoms with Crippen LogP contribution in [-0.4, -0.2) is 51.1 Å². The molecular formula is C23H23F3N4O4. The standard InChI is InChI=1S/C23H23F3N4O4/c1-11(8-31)29-21-20(34-21)15-19(32)17-18-16(28-9-23(25,26)10-30(18)22(15)33)13(7-27-17)6-12-2-4-14(24)5-3-12/h2-5,7,11,20-21,28-29,31-32H,6,8-10H2,1H3. The summed E-state index contributed by atoms with van der Waals surface area (Å²) < 4.78 is 49.0. The van der Waals surface area contributed by atoms with Gasteiger partial charge in [0.1, 0.15) is 23.7 Å². The van der Waals surface area contributed by atoms with E-state index >= 15 is 0 Å². The Bertz CT molecular complexity index is 1310. The van der Waals surface area contributed by atoms with Gasteiger partial charge >= 0.3 is 0 Å². The third-order valence-electron chi connectivity index (χ3n) is 6.08. The Balaban J connectivity index is 1.64. The van der Waals surface area contributed by atoms with E-state index in [1.165, 1.54) is 18.3 Å². The topological polar surface area (TPSA) is 112 Å². The van der Waals surface area contributed by atoms with Crippen LogP contribution in [0.3, 0.4) is 0 Å². The summed E-state index contributed by atoms with van der Waals surface area (Å²) in [7, 11) is 0. The van der Waals surface area contributed by atoms with Crippen LogP contribution in [0.2, 0.25) is 0 Å². The molecule has 2 aliphatic rings. The number of nitrogens with one attached hydrogen (secondary N) is 2. The Hall–Kier alpha value is -3.15. The van der Waals surface area contributed by atoms with Gasteiger partial charge in [-0.2, -0.15) is 0 Å². The fourth-order valence-corrected chi connectivity index (χ4v) is 4.31. The summed E-state index contributed by atoms with van der Waals surface area (Å²) in [5, 5.41) is 25.9. The lowest BCUT2D eigenvalue weighted by molar-refractivity contribution is -0.000938. The monoisotopic (exact) mass is 476 g/mol. The van der Waals surface area contributed by atoms with Crippen molar-refractivity contribution in [1.82, 2.24) is 14.9 Å². The number of aromatic hydroxyl groups is 1. The van der Waals surface area contributed by atoms with E-state index in [0.717, 1.165) is 10.1 Å². The number of ether oxygens (including phenoxy) is 1. The largest absolute Gasteiger partial charge is 0.505 e. The quantitative estimate of drug-likeness (QED) is 0.404. The minimum Gasteiger partial charge on any atom is -0.505 e. The molecule has 0 spiro atoms. The molecule has 11 heteroatoms. The number of hydrogen-bond acceptors (Lipinski definition) is 7. The third kappa shape index (κ3) is 3.99. The molecule has 2 aromatic heterocycles. The molecule has 1 fully saturated rings. The van der Waals surface area contributed by atoms with Gasteiger partial charge in [0.05, 0.1) is 36.5 Å². The molecule has 3 atom stereocenters. The van der Waals surface area contributed by atoms with Crippen LogP contribution in [-0.2, 0) is 17.7 Å². The van der Waals surface area contributed by atoms with Crippen LogP contribution in [0.25, 0.3) is 11.0 Å². The normalized spacial score (nSPS) is 21.7. The minimum absolute atomic E-state index is 0.00196. The molecule has 0 radical (unpaired) electrons. The van der Waals surface area contributed by atoms with E-state index in [-0.39, 0.29) is 41.4 Å². The Labute approximate surface area is 192 Å². The van der Waals surface area contributed by atoms with Crippen molar-refractivity contribution in [3.8, 4) is 5.75 Å². The molecule has 0 amide bonds. The van der Waals surface area contributed by atoms with Crippen molar-refractivity contribution in [2.24, 2.45) is 0 Å². The van der Waals surface area contributed by atoms with Crippen molar-refractivity contribution < 1.29 is 28.1 Å². The number of halogens is 3. The minimum atomic E-state index is -3.25. The average Bonchev–Trinajstić information content (AvgIpc) is 3.56. The van der Waals surface area contributed by atoms with Gasteiger partial charge in [-0.3, -0.25) is 19.7 Å². The van der Waals surface area contributed by atoms with Gasteiger partial charge in [0.2, 0.25) is 0 Å². The molecule has 4 heterocycles. The van der Waals surface area contributed by atoms with Crippen LogP contribution in [0.1, 0.15) is 29.7 Å². The molecule has 3 aromatic rings. The second-order valence-corrected chi connectivity index (χ2v) is 8.75. The molecule has 180 valence electrons. The lowest BCUT2D eigenvalue weighted by Gasteiger charge is -2.17. The van der Waals surface area contributed by atoms with Crippen LogP contribution in [0, 0.1) is 5.82 Å². The summed E-state index contributed by atoms with van der Waals surface area (Å²) >= 11 is 0. The predicted octanol–water partition coefficient (Wildman–Crippen LogP) is 2.26. The van der Waals surface area contributed by atoms with Crippen LogP contribution < -0.4 is 16.2 Å². The summed E-state index contributed by atoms with van der Waals surface area (Å²) in [6, 6.07) is 5.44. The third-order valence-corrected chi connectivity index (χ3v) is 6.08. The molecule has 8 nitrogen and oxygen atoms in total. The van der Waals surface area contributed by atoms with Gasteiger partial charge in [0.15, 0.2) is 5.75 Å². The van der Waals surface area contributed by atoms with Crippen molar-refractivity contribution in [2.45, 2.75) is 44.2 Å². The predicted molar refractivity (Wildman–Crippen MR) is 118 cm³/mol. The summed E-state index contributed by atoms with van der Waals surface area (Å²) in [5.74, 6) is -4.07. The zero-order chi connectivity index (χ0) is 24.2. The van der Waals surface area contributed by atoms with E-state index in [1.54, 1.807) is 19.1 Å². The number of rotatable bonds is 6. The first-order valence-electron chi connectivity index (χ1n) is 10.8. The molecule has 1 aromatic carbocycles. The Morgan fingerprint density at radius 1 is 1.35 bits per heavy atom. The summed E-state index contributed by atoms with van der Waals surface area (Å²) in [6.07, 6.45) is 0.203. The first-order chi connectivity index (χ1) is 16.2. The number of aromatic nitrogens is 2. The number of aliphatic hydroxyl groups excluding tert-OH is 1. The summed E-state index contributed by atoms with van der Waals surface area (Å²) in [4.78, 5) is 17.7. The average molecular weight is 476 g/mol.